The van der Waals surface area contributed by atoms with Gasteiger partial charge in [0.1, 0.15) is 5.75 Å². The van der Waals surface area contributed by atoms with Crippen LogP contribution < -0.4 is 4.74 Å². The van der Waals surface area contributed by atoms with Crippen molar-refractivity contribution in [1.82, 2.24) is 4.90 Å². The summed E-state index contributed by atoms with van der Waals surface area (Å²) in [6.45, 7) is 7.78. The number of piperidine rings is 1. The normalized spacial score (nSPS) is 25.0. The van der Waals surface area contributed by atoms with E-state index in [1.54, 1.807) is 0 Å². The lowest BCUT2D eigenvalue weighted by molar-refractivity contribution is -0.143. The summed E-state index contributed by atoms with van der Waals surface area (Å²) in [6, 6.07) is 8.32. The first kappa shape index (κ1) is 16.7. The highest BCUT2D eigenvalue weighted by Crippen LogP contribution is 2.35. The number of ether oxygens (including phenoxy) is 2. The maximum Gasteiger partial charge on any atom is 0.124 e. The fourth-order valence-corrected chi connectivity index (χ4v) is 3.71. The number of aliphatic hydroxyl groups excluding tert-OH is 1. The summed E-state index contributed by atoms with van der Waals surface area (Å²) in [5, 5.41) is 9.94. The van der Waals surface area contributed by atoms with Gasteiger partial charge in [0.05, 0.1) is 17.8 Å². The van der Waals surface area contributed by atoms with Crippen molar-refractivity contribution >= 4 is 0 Å². The molecule has 2 aliphatic rings. The molecule has 1 unspecified atom stereocenters. The van der Waals surface area contributed by atoms with Gasteiger partial charge in [0.15, 0.2) is 0 Å². The molecule has 4 nitrogen and oxygen atoms in total. The number of nitrogens with zero attached hydrogens (tertiary/aromatic N) is 1. The van der Waals surface area contributed by atoms with Crippen LogP contribution in [0.5, 0.6) is 5.75 Å². The Morgan fingerprint density at radius 2 is 2.04 bits per heavy atom. The van der Waals surface area contributed by atoms with E-state index in [0.717, 1.165) is 51.1 Å². The van der Waals surface area contributed by atoms with Gasteiger partial charge in [0.2, 0.25) is 0 Å². The molecule has 1 aromatic rings. The van der Waals surface area contributed by atoms with Gasteiger partial charge in [-0.05, 0) is 39.2 Å². The predicted molar refractivity (Wildman–Crippen MR) is 90.6 cm³/mol. The van der Waals surface area contributed by atoms with Crippen LogP contribution in [0, 0.1) is 0 Å². The van der Waals surface area contributed by atoms with E-state index in [2.05, 4.69) is 36.9 Å². The molecule has 1 spiro atoms. The lowest BCUT2D eigenvalue weighted by Gasteiger charge is -2.45. The molecule has 0 aliphatic carbocycles. The van der Waals surface area contributed by atoms with Gasteiger partial charge >= 0.3 is 0 Å². The van der Waals surface area contributed by atoms with Crippen LogP contribution in [-0.2, 0) is 11.3 Å². The van der Waals surface area contributed by atoms with Gasteiger partial charge in [0.25, 0.3) is 0 Å². The van der Waals surface area contributed by atoms with Crippen molar-refractivity contribution in [3.8, 4) is 5.75 Å². The Labute approximate surface area is 139 Å². The quantitative estimate of drug-likeness (QED) is 0.926. The van der Waals surface area contributed by atoms with Gasteiger partial charge in [-0.1, -0.05) is 18.2 Å². The second-order valence-corrected chi connectivity index (χ2v) is 7.23. The van der Waals surface area contributed by atoms with E-state index in [1.807, 2.05) is 6.07 Å². The molecule has 0 amide bonds. The van der Waals surface area contributed by atoms with E-state index < -0.39 is 0 Å². The molecule has 128 valence electrons. The van der Waals surface area contributed by atoms with Crippen molar-refractivity contribution < 1.29 is 14.6 Å². The predicted octanol–water partition coefficient (Wildman–Crippen LogP) is 2.98. The first-order valence-electron chi connectivity index (χ1n) is 8.85. The minimum atomic E-state index is -0.185. The van der Waals surface area contributed by atoms with Gasteiger partial charge in [0, 0.05) is 38.2 Å². The van der Waals surface area contributed by atoms with Crippen molar-refractivity contribution in [2.75, 3.05) is 19.7 Å². The molecule has 1 N–H and O–H groups in total. The molecule has 2 saturated heterocycles. The Hall–Kier alpha value is -1.10. The number of aliphatic hydroxyl groups is 1. The average Bonchev–Trinajstić information content (AvgIpc) is 2.51. The van der Waals surface area contributed by atoms with Crippen molar-refractivity contribution in [2.24, 2.45) is 0 Å². The molecule has 2 fully saturated rings. The Bertz CT molecular complexity index is 509. The first-order chi connectivity index (χ1) is 11.1. The monoisotopic (exact) mass is 319 g/mol. The Balaban J connectivity index is 1.59. The molecular weight excluding hydrogens is 290 g/mol. The average molecular weight is 319 g/mol. The van der Waals surface area contributed by atoms with Crippen LogP contribution in [0.25, 0.3) is 0 Å². The topological polar surface area (TPSA) is 41.9 Å². The Morgan fingerprint density at radius 3 is 2.74 bits per heavy atom. The number of hydrogen-bond donors (Lipinski definition) is 1. The minimum absolute atomic E-state index is 0.0812. The van der Waals surface area contributed by atoms with Crippen molar-refractivity contribution in [3.63, 3.8) is 0 Å². The third kappa shape index (κ3) is 4.25. The van der Waals surface area contributed by atoms with E-state index in [1.165, 1.54) is 5.56 Å². The van der Waals surface area contributed by atoms with E-state index in [-0.39, 0.29) is 17.8 Å². The highest BCUT2D eigenvalue weighted by atomic mass is 16.5. The SMILES string of the molecule is CC(C)Oc1ccccc1CN1CCC2(CC1)CC(O)CCO2. The molecular formula is C19H29NO3. The Morgan fingerprint density at radius 1 is 1.30 bits per heavy atom. The molecule has 0 aromatic heterocycles. The van der Waals surface area contributed by atoms with Crippen LogP contribution in [0.2, 0.25) is 0 Å². The second kappa shape index (κ2) is 7.20. The van der Waals surface area contributed by atoms with Crippen molar-refractivity contribution in [3.05, 3.63) is 29.8 Å². The van der Waals surface area contributed by atoms with Gasteiger partial charge in [-0.3, -0.25) is 4.90 Å². The van der Waals surface area contributed by atoms with Crippen LogP contribution in [0.15, 0.2) is 24.3 Å². The molecule has 1 aromatic carbocycles. The summed E-state index contributed by atoms with van der Waals surface area (Å²) in [4.78, 5) is 2.47. The number of hydrogen-bond acceptors (Lipinski definition) is 4. The molecule has 0 saturated carbocycles. The molecule has 4 heteroatoms. The zero-order chi connectivity index (χ0) is 16.3. The van der Waals surface area contributed by atoms with Crippen LogP contribution in [0.1, 0.15) is 45.1 Å². The number of benzene rings is 1. The summed E-state index contributed by atoms with van der Waals surface area (Å²) < 4.78 is 12.0. The zero-order valence-electron chi connectivity index (χ0n) is 14.3. The maximum atomic E-state index is 9.94. The van der Waals surface area contributed by atoms with E-state index in [0.29, 0.717) is 6.61 Å². The fourth-order valence-electron chi connectivity index (χ4n) is 3.71. The molecule has 2 heterocycles. The molecule has 1 atom stereocenters. The van der Waals surface area contributed by atoms with Gasteiger partial charge in [-0.15, -0.1) is 0 Å². The van der Waals surface area contributed by atoms with Crippen LogP contribution in [0.3, 0.4) is 0 Å². The summed E-state index contributed by atoms with van der Waals surface area (Å²) in [6.07, 6.45) is 3.61. The largest absolute Gasteiger partial charge is 0.491 e. The summed E-state index contributed by atoms with van der Waals surface area (Å²) in [5.74, 6) is 0.993. The highest BCUT2D eigenvalue weighted by molar-refractivity contribution is 5.33. The first-order valence-corrected chi connectivity index (χ1v) is 8.85. The zero-order valence-corrected chi connectivity index (χ0v) is 14.3. The van der Waals surface area contributed by atoms with Crippen LogP contribution >= 0.6 is 0 Å². The van der Waals surface area contributed by atoms with Crippen molar-refractivity contribution in [2.45, 2.75) is 63.9 Å². The van der Waals surface area contributed by atoms with Gasteiger partial charge < -0.3 is 14.6 Å². The smallest absolute Gasteiger partial charge is 0.124 e. The van der Waals surface area contributed by atoms with Crippen LogP contribution in [-0.4, -0.2) is 47.5 Å². The molecule has 23 heavy (non-hydrogen) atoms. The molecule has 3 rings (SSSR count). The number of rotatable bonds is 4. The van der Waals surface area contributed by atoms with E-state index in [9.17, 15) is 5.11 Å². The lowest BCUT2D eigenvalue weighted by atomic mass is 9.83. The maximum absolute atomic E-state index is 9.94. The number of para-hydroxylation sites is 1. The molecule has 0 radical (unpaired) electrons. The highest BCUT2D eigenvalue weighted by Gasteiger charge is 2.39. The third-order valence-electron chi connectivity index (χ3n) is 4.96. The third-order valence-corrected chi connectivity index (χ3v) is 4.96. The van der Waals surface area contributed by atoms with E-state index in [4.69, 9.17) is 9.47 Å². The molecule has 2 aliphatic heterocycles. The Kier molecular flexibility index (Phi) is 5.24. The standard InChI is InChI=1S/C19H29NO3/c1-15(2)23-18-6-4-3-5-16(18)14-20-10-8-19(9-11-20)13-17(21)7-12-22-19/h3-6,15,17,21H,7-14H2,1-2H3. The minimum Gasteiger partial charge on any atom is -0.491 e. The van der Waals surface area contributed by atoms with Gasteiger partial charge in [-0.2, -0.15) is 0 Å². The van der Waals surface area contributed by atoms with E-state index >= 15 is 0 Å². The number of likely N-dealkylation sites (tertiary alicyclic amines) is 1. The summed E-state index contributed by atoms with van der Waals surface area (Å²) in [5.41, 5.74) is 1.17. The van der Waals surface area contributed by atoms with Gasteiger partial charge in [-0.25, -0.2) is 0 Å². The van der Waals surface area contributed by atoms with Crippen LogP contribution in [0.4, 0.5) is 0 Å². The summed E-state index contributed by atoms with van der Waals surface area (Å²) in [7, 11) is 0. The summed E-state index contributed by atoms with van der Waals surface area (Å²) >= 11 is 0. The second-order valence-electron chi connectivity index (χ2n) is 7.23. The molecule has 0 bridgehead atoms. The fraction of sp³-hybridized carbons (Fsp3) is 0.684. The lowest BCUT2D eigenvalue weighted by Crippen LogP contribution is -2.50. The van der Waals surface area contributed by atoms with Crippen molar-refractivity contribution in [1.29, 1.82) is 0 Å².